The molecule has 0 radical (unpaired) electrons. The summed E-state index contributed by atoms with van der Waals surface area (Å²) in [4.78, 5) is 0. The van der Waals surface area contributed by atoms with Gasteiger partial charge in [0.15, 0.2) is 0 Å². The van der Waals surface area contributed by atoms with Gasteiger partial charge < -0.3 is 4.42 Å². The average molecular weight is 374 g/mol. The topological polar surface area (TPSA) is 13.1 Å². The van der Waals surface area contributed by atoms with Crippen molar-refractivity contribution in [2.75, 3.05) is 0 Å². The first-order chi connectivity index (χ1) is 14.4. The van der Waals surface area contributed by atoms with Crippen molar-refractivity contribution in [1.29, 1.82) is 0 Å². The molecule has 6 rings (SSSR count). The number of hydrogen-bond acceptors (Lipinski definition) is 1. The minimum absolute atomic E-state index is 0.934. The maximum Gasteiger partial charge on any atom is 0.134 e. The molecule has 2 aliphatic rings. The van der Waals surface area contributed by atoms with E-state index in [2.05, 4.69) is 78.9 Å². The number of rotatable bonds is 3. The molecule has 0 atom stereocenters. The van der Waals surface area contributed by atoms with Crippen molar-refractivity contribution in [3.8, 4) is 22.5 Å². The second-order valence-electron chi connectivity index (χ2n) is 8.06. The van der Waals surface area contributed by atoms with Crippen molar-refractivity contribution in [3.05, 3.63) is 107 Å². The van der Waals surface area contributed by atoms with Gasteiger partial charge in [0.05, 0.1) is 0 Å². The van der Waals surface area contributed by atoms with Crippen LogP contribution in [0.1, 0.15) is 34.4 Å². The van der Waals surface area contributed by atoms with Crippen LogP contribution in [0.5, 0.6) is 0 Å². The van der Waals surface area contributed by atoms with Gasteiger partial charge in [-0.1, -0.05) is 66.7 Å². The van der Waals surface area contributed by atoms with Crippen molar-refractivity contribution in [2.45, 2.75) is 25.7 Å². The van der Waals surface area contributed by atoms with Crippen molar-refractivity contribution < 1.29 is 4.42 Å². The third-order valence-corrected chi connectivity index (χ3v) is 6.27. The van der Waals surface area contributed by atoms with Gasteiger partial charge in [-0.15, -0.1) is 0 Å². The van der Waals surface area contributed by atoms with E-state index in [1.165, 1.54) is 47.1 Å². The lowest BCUT2D eigenvalue weighted by atomic mass is 9.90. The largest absolute Gasteiger partial charge is 0.456 e. The molecule has 0 bridgehead atoms. The minimum atomic E-state index is 0.934. The highest BCUT2D eigenvalue weighted by molar-refractivity contribution is 5.94. The van der Waals surface area contributed by atoms with Crippen LogP contribution in [-0.2, 0) is 19.3 Å². The molecule has 0 amide bonds. The van der Waals surface area contributed by atoms with Crippen molar-refractivity contribution in [2.24, 2.45) is 0 Å². The highest BCUT2D eigenvalue weighted by atomic mass is 16.3. The van der Waals surface area contributed by atoms with Crippen LogP contribution in [0.3, 0.4) is 0 Å². The summed E-state index contributed by atoms with van der Waals surface area (Å²) in [5, 5.41) is 0. The molecule has 0 saturated heterocycles. The Labute approximate surface area is 171 Å². The van der Waals surface area contributed by atoms with Gasteiger partial charge in [-0.2, -0.15) is 0 Å². The van der Waals surface area contributed by atoms with Crippen LogP contribution >= 0.6 is 0 Å². The summed E-state index contributed by atoms with van der Waals surface area (Å²) in [5.74, 6) is 1.92. The summed E-state index contributed by atoms with van der Waals surface area (Å²) >= 11 is 0. The second kappa shape index (κ2) is 6.63. The Morgan fingerprint density at radius 3 is 2.17 bits per heavy atom. The third-order valence-electron chi connectivity index (χ3n) is 6.27. The molecular weight excluding hydrogens is 352 g/mol. The molecule has 4 aromatic rings. The number of benzene rings is 3. The Morgan fingerprint density at radius 2 is 1.38 bits per heavy atom. The lowest BCUT2D eigenvalue weighted by Gasteiger charge is -2.14. The van der Waals surface area contributed by atoms with Gasteiger partial charge in [-0.3, -0.25) is 0 Å². The van der Waals surface area contributed by atoms with Crippen molar-refractivity contribution >= 4 is 11.6 Å². The van der Waals surface area contributed by atoms with Gasteiger partial charge in [0, 0.05) is 12.0 Å². The molecule has 1 heterocycles. The number of aryl methyl sites for hydroxylation is 1. The second-order valence-corrected chi connectivity index (χ2v) is 8.06. The maximum atomic E-state index is 6.26. The number of fused-ring (bicyclic) bond motifs is 2. The van der Waals surface area contributed by atoms with Gasteiger partial charge in [-0.05, 0) is 76.4 Å². The zero-order valence-electron chi connectivity index (χ0n) is 16.3. The van der Waals surface area contributed by atoms with E-state index < -0.39 is 0 Å². The van der Waals surface area contributed by atoms with Gasteiger partial charge >= 0.3 is 0 Å². The van der Waals surface area contributed by atoms with Crippen LogP contribution in [0.4, 0.5) is 0 Å². The fourth-order valence-corrected chi connectivity index (χ4v) is 4.93. The summed E-state index contributed by atoms with van der Waals surface area (Å²) in [7, 11) is 0. The molecule has 0 saturated carbocycles. The summed E-state index contributed by atoms with van der Waals surface area (Å²) in [6.45, 7) is 0. The summed E-state index contributed by atoms with van der Waals surface area (Å²) < 4.78 is 6.26. The SMILES string of the molecule is C1=C(c2ccc(-c3ccccc3)o2)Cc2cc3c(c(-c4ccccc4)c21)CCC3. The first kappa shape index (κ1) is 16.6. The molecule has 0 unspecified atom stereocenters. The van der Waals surface area contributed by atoms with Gasteiger partial charge in [0.2, 0.25) is 0 Å². The first-order valence-electron chi connectivity index (χ1n) is 10.5. The molecule has 1 aromatic heterocycles. The minimum Gasteiger partial charge on any atom is -0.456 e. The molecule has 0 spiro atoms. The van der Waals surface area contributed by atoms with Crippen LogP contribution in [0, 0.1) is 0 Å². The smallest absolute Gasteiger partial charge is 0.134 e. The predicted octanol–water partition coefficient (Wildman–Crippen LogP) is 7.20. The Balaban J connectivity index is 1.45. The zero-order chi connectivity index (χ0) is 19.2. The van der Waals surface area contributed by atoms with Crippen LogP contribution < -0.4 is 0 Å². The molecule has 1 heteroatoms. The molecule has 140 valence electrons. The number of furan rings is 1. The molecule has 3 aromatic carbocycles. The summed E-state index contributed by atoms with van der Waals surface area (Å²) in [6.07, 6.45) is 6.98. The Morgan fingerprint density at radius 1 is 0.655 bits per heavy atom. The predicted molar refractivity (Wildman–Crippen MR) is 120 cm³/mol. The van der Waals surface area contributed by atoms with E-state index in [-0.39, 0.29) is 0 Å². The van der Waals surface area contributed by atoms with E-state index in [9.17, 15) is 0 Å². The molecule has 1 nitrogen and oxygen atoms in total. The fraction of sp³-hybridized carbons (Fsp3) is 0.143. The monoisotopic (exact) mass is 374 g/mol. The van der Waals surface area contributed by atoms with E-state index in [0.29, 0.717) is 0 Å². The molecular formula is C28H22O. The van der Waals surface area contributed by atoms with E-state index in [4.69, 9.17) is 4.42 Å². The lowest BCUT2D eigenvalue weighted by Crippen LogP contribution is -1.96. The van der Waals surface area contributed by atoms with E-state index in [1.807, 2.05) is 6.07 Å². The highest BCUT2D eigenvalue weighted by Gasteiger charge is 2.26. The van der Waals surface area contributed by atoms with Gasteiger partial charge in [0.25, 0.3) is 0 Å². The first-order valence-corrected chi connectivity index (χ1v) is 10.5. The van der Waals surface area contributed by atoms with Crippen molar-refractivity contribution in [1.82, 2.24) is 0 Å². The van der Waals surface area contributed by atoms with E-state index in [1.54, 1.807) is 11.1 Å². The molecule has 2 aliphatic carbocycles. The molecule has 0 N–H and O–H groups in total. The summed E-state index contributed by atoms with van der Waals surface area (Å²) in [6, 6.07) is 27.9. The third kappa shape index (κ3) is 2.77. The Kier molecular flexibility index (Phi) is 3.80. The zero-order valence-corrected chi connectivity index (χ0v) is 16.3. The maximum absolute atomic E-state index is 6.26. The van der Waals surface area contributed by atoms with Crippen LogP contribution in [-0.4, -0.2) is 0 Å². The lowest BCUT2D eigenvalue weighted by molar-refractivity contribution is 0.566. The Hall–Kier alpha value is -3.32. The van der Waals surface area contributed by atoms with E-state index in [0.717, 1.165) is 23.5 Å². The number of hydrogen-bond donors (Lipinski definition) is 0. The normalized spacial score (nSPS) is 14.6. The van der Waals surface area contributed by atoms with Gasteiger partial charge in [-0.25, -0.2) is 0 Å². The van der Waals surface area contributed by atoms with E-state index >= 15 is 0 Å². The highest BCUT2D eigenvalue weighted by Crippen LogP contribution is 2.44. The van der Waals surface area contributed by atoms with Crippen molar-refractivity contribution in [3.63, 3.8) is 0 Å². The molecule has 0 fully saturated rings. The molecule has 0 aliphatic heterocycles. The number of allylic oxidation sites excluding steroid dienone is 1. The molecule has 29 heavy (non-hydrogen) atoms. The standard InChI is InChI=1S/C28H22O/c1-3-8-19(9-4-1)26-14-15-27(29-26)23-17-22-16-21-12-7-13-24(21)28(25(22)18-23)20-10-5-2-6-11-20/h1-6,8-11,14-16,18H,7,12-13,17H2. The average Bonchev–Trinajstić information content (AvgIpc) is 3.52. The fourth-order valence-electron chi connectivity index (χ4n) is 4.93. The van der Waals surface area contributed by atoms with Gasteiger partial charge in [0.1, 0.15) is 11.5 Å². The Bertz CT molecular complexity index is 1230. The quantitative estimate of drug-likeness (QED) is 0.369. The van der Waals surface area contributed by atoms with Crippen LogP contribution in [0.15, 0.2) is 83.3 Å². The van der Waals surface area contributed by atoms with Crippen LogP contribution in [0.2, 0.25) is 0 Å². The summed E-state index contributed by atoms with van der Waals surface area (Å²) in [5.41, 5.74) is 11.1. The van der Waals surface area contributed by atoms with Crippen LogP contribution in [0.25, 0.3) is 34.1 Å².